The lowest BCUT2D eigenvalue weighted by Crippen LogP contribution is -2.34. The summed E-state index contributed by atoms with van der Waals surface area (Å²) in [6, 6.07) is 5.91. The van der Waals surface area contributed by atoms with Gasteiger partial charge in [0.2, 0.25) is 10.0 Å². The minimum Gasteiger partial charge on any atom is -0.392 e. The van der Waals surface area contributed by atoms with Crippen molar-refractivity contribution in [2.45, 2.75) is 24.8 Å². The minimum atomic E-state index is -3.62. The molecule has 0 amide bonds. The van der Waals surface area contributed by atoms with Gasteiger partial charge < -0.3 is 10.4 Å². The van der Waals surface area contributed by atoms with Gasteiger partial charge in [-0.2, -0.15) is 0 Å². The van der Waals surface area contributed by atoms with Crippen LogP contribution in [0.25, 0.3) is 0 Å². The molecule has 6 nitrogen and oxygen atoms in total. The van der Waals surface area contributed by atoms with Crippen molar-refractivity contribution in [1.82, 2.24) is 10.0 Å². The van der Waals surface area contributed by atoms with Gasteiger partial charge in [0, 0.05) is 25.2 Å². The molecule has 0 radical (unpaired) electrons. The van der Waals surface area contributed by atoms with Crippen LogP contribution in [-0.2, 0) is 10.0 Å². The molecule has 1 unspecified atom stereocenters. The van der Waals surface area contributed by atoms with E-state index in [0.29, 0.717) is 18.7 Å². The summed E-state index contributed by atoms with van der Waals surface area (Å²) >= 11 is 0. The highest BCUT2D eigenvalue weighted by Gasteiger charge is 2.14. The number of hydrogen-bond donors (Lipinski definition) is 3. The van der Waals surface area contributed by atoms with Crippen molar-refractivity contribution in [2.24, 2.45) is 0 Å². The van der Waals surface area contributed by atoms with E-state index >= 15 is 0 Å². The molecule has 0 saturated heterocycles. The van der Waals surface area contributed by atoms with Crippen molar-refractivity contribution in [1.29, 1.82) is 0 Å². The van der Waals surface area contributed by atoms with Crippen molar-refractivity contribution in [3.8, 4) is 0 Å². The van der Waals surface area contributed by atoms with Crippen LogP contribution < -0.4 is 10.0 Å². The number of benzene rings is 1. The quantitative estimate of drug-likeness (QED) is 0.469. The summed E-state index contributed by atoms with van der Waals surface area (Å²) in [6.45, 7) is 4.06. The molecule has 0 aliphatic heterocycles. The molecule has 0 saturated carbocycles. The summed E-state index contributed by atoms with van der Waals surface area (Å²) in [4.78, 5) is 11.3. The summed E-state index contributed by atoms with van der Waals surface area (Å²) in [7, 11) is -3.62. The molecule has 0 fully saturated rings. The predicted octanol–water partition coefficient (Wildman–Crippen LogP) is 0.138. The standard InChI is InChI=1S/C13H20N2O4S/c1-10(16)9-14-6-7-15-20(18,19)13-5-3-4-12(8-13)11(2)17/h3-5,8,10,14-16H,6-7,9H2,1-2H3. The first-order chi connectivity index (χ1) is 9.33. The zero-order valence-corrected chi connectivity index (χ0v) is 12.4. The molecule has 0 aliphatic carbocycles. The first-order valence-electron chi connectivity index (χ1n) is 6.32. The third-order valence-corrected chi connectivity index (χ3v) is 4.04. The fourth-order valence-electron chi connectivity index (χ4n) is 1.55. The number of hydrogen-bond acceptors (Lipinski definition) is 5. The van der Waals surface area contributed by atoms with Crippen LogP contribution >= 0.6 is 0 Å². The van der Waals surface area contributed by atoms with Gasteiger partial charge in [0.05, 0.1) is 11.0 Å². The summed E-state index contributed by atoms with van der Waals surface area (Å²) < 4.78 is 26.4. The van der Waals surface area contributed by atoms with E-state index in [-0.39, 0.29) is 17.2 Å². The van der Waals surface area contributed by atoms with E-state index in [9.17, 15) is 13.2 Å². The highest BCUT2D eigenvalue weighted by atomic mass is 32.2. The Bertz CT molecular complexity index is 555. The van der Waals surface area contributed by atoms with Gasteiger partial charge in [0.25, 0.3) is 0 Å². The molecule has 0 aliphatic rings. The zero-order chi connectivity index (χ0) is 15.2. The number of carbonyl (C=O) groups is 1. The molecule has 0 aromatic heterocycles. The van der Waals surface area contributed by atoms with Crippen molar-refractivity contribution in [2.75, 3.05) is 19.6 Å². The van der Waals surface area contributed by atoms with Crippen molar-refractivity contribution >= 4 is 15.8 Å². The summed E-state index contributed by atoms with van der Waals surface area (Å²) in [5.74, 6) is -0.180. The van der Waals surface area contributed by atoms with Crippen molar-refractivity contribution in [3.05, 3.63) is 29.8 Å². The van der Waals surface area contributed by atoms with Gasteiger partial charge in [-0.05, 0) is 26.0 Å². The number of aliphatic hydroxyl groups is 1. The van der Waals surface area contributed by atoms with Crippen LogP contribution in [0.2, 0.25) is 0 Å². The van der Waals surface area contributed by atoms with Gasteiger partial charge in [0.15, 0.2) is 5.78 Å². The number of aliphatic hydroxyl groups excluding tert-OH is 1. The van der Waals surface area contributed by atoms with Gasteiger partial charge in [-0.25, -0.2) is 13.1 Å². The molecule has 1 rings (SSSR count). The third kappa shape index (κ3) is 5.38. The molecule has 1 atom stereocenters. The van der Waals surface area contributed by atoms with E-state index in [4.69, 9.17) is 5.11 Å². The average molecular weight is 300 g/mol. The van der Waals surface area contributed by atoms with E-state index in [0.717, 1.165) is 0 Å². The maximum atomic E-state index is 12.0. The lowest BCUT2D eigenvalue weighted by molar-refractivity contribution is 0.101. The topological polar surface area (TPSA) is 95.5 Å². The molecule has 1 aromatic carbocycles. The minimum absolute atomic E-state index is 0.0701. The molecular formula is C13H20N2O4S. The number of sulfonamides is 1. The Labute approximate surface area is 119 Å². The Kier molecular flexibility index (Phi) is 6.28. The Hall–Kier alpha value is -1.28. The van der Waals surface area contributed by atoms with Gasteiger partial charge in [-0.3, -0.25) is 4.79 Å². The first kappa shape index (κ1) is 16.8. The monoisotopic (exact) mass is 300 g/mol. The second kappa shape index (κ2) is 7.49. The van der Waals surface area contributed by atoms with E-state index in [1.54, 1.807) is 13.0 Å². The SMILES string of the molecule is CC(=O)c1cccc(S(=O)(=O)NCCNCC(C)O)c1. The van der Waals surface area contributed by atoms with Crippen LogP contribution in [0.5, 0.6) is 0 Å². The Morgan fingerprint density at radius 3 is 2.65 bits per heavy atom. The summed E-state index contributed by atoms with van der Waals surface area (Å²) in [6.07, 6.45) is -0.473. The van der Waals surface area contributed by atoms with Crippen molar-refractivity contribution in [3.63, 3.8) is 0 Å². The summed E-state index contributed by atoms with van der Waals surface area (Å²) in [5.41, 5.74) is 0.361. The largest absolute Gasteiger partial charge is 0.392 e. The molecule has 7 heteroatoms. The van der Waals surface area contributed by atoms with Gasteiger partial charge >= 0.3 is 0 Å². The van der Waals surface area contributed by atoms with Crippen molar-refractivity contribution < 1.29 is 18.3 Å². The number of rotatable bonds is 8. The van der Waals surface area contributed by atoms with Gasteiger partial charge in [0.1, 0.15) is 0 Å². The molecule has 20 heavy (non-hydrogen) atoms. The smallest absolute Gasteiger partial charge is 0.240 e. The fraction of sp³-hybridized carbons (Fsp3) is 0.462. The molecular weight excluding hydrogens is 280 g/mol. The molecule has 1 aromatic rings. The second-order valence-corrected chi connectivity index (χ2v) is 6.30. The molecule has 0 spiro atoms. The van der Waals surface area contributed by atoms with Crippen LogP contribution in [0.1, 0.15) is 24.2 Å². The average Bonchev–Trinajstić information content (AvgIpc) is 2.38. The predicted molar refractivity (Wildman–Crippen MR) is 76.2 cm³/mol. The first-order valence-corrected chi connectivity index (χ1v) is 7.80. The molecule has 3 N–H and O–H groups in total. The maximum Gasteiger partial charge on any atom is 0.240 e. The van der Waals surface area contributed by atoms with Crippen LogP contribution in [0.3, 0.4) is 0 Å². The number of Topliss-reactive ketones (excluding diaryl/α,β-unsaturated/α-hetero) is 1. The second-order valence-electron chi connectivity index (χ2n) is 4.53. The van der Waals surface area contributed by atoms with Crippen LogP contribution in [0.4, 0.5) is 0 Å². The molecule has 0 bridgehead atoms. The van der Waals surface area contributed by atoms with Gasteiger partial charge in [-0.15, -0.1) is 0 Å². The van der Waals surface area contributed by atoms with E-state index in [1.165, 1.54) is 25.1 Å². The Balaban J connectivity index is 2.60. The number of nitrogens with one attached hydrogen (secondary N) is 2. The number of carbonyl (C=O) groups excluding carboxylic acids is 1. The van der Waals surface area contributed by atoms with Crippen LogP contribution in [0, 0.1) is 0 Å². The Morgan fingerprint density at radius 2 is 2.05 bits per heavy atom. The fourth-order valence-corrected chi connectivity index (χ4v) is 2.63. The maximum absolute atomic E-state index is 12.0. The lowest BCUT2D eigenvalue weighted by atomic mass is 10.2. The van der Waals surface area contributed by atoms with Gasteiger partial charge in [-0.1, -0.05) is 12.1 Å². The van der Waals surface area contributed by atoms with E-state index in [2.05, 4.69) is 10.0 Å². The van der Waals surface area contributed by atoms with Crippen LogP contribution in [-0.4, -0.2) is 45.0 Å². The zero-order valence-electron chi connectivity index (χ0n) is 11.6. The highest BCUT2D eigenvalue weighted by molar-refractivity contribution is 7.89. The molecule has 112 valence electrons. The van der Waals surface area contributed by atoms with E-state index in [1.807, 2.05) is 0 Å². The van der Waals surface area contributed by atoms with E-state index < -0.39 is 16.1 Å². The summed E-state index contributed by atoms with van der Waals surface area (Å²) in [5, 5.41) is 11.9. The number of ketones is 1. The Morgan fingerprint density at radius 1 is 1.35 bits per heavy atom. The molecule has 0 heterocycles. The highest BCUT2D eigenvalue weighted by Crippen LogP contribution is 2.11. The third-order valence-electron chi connectivity index (χ3n) is 2.58. The van der Waals surface area contributed by atoms with Crippen LogP contribution in [0.15, 0.2) is 29.2 Å². The normalized spacial score (nSPS) is 13.2. The lowest BCUT2D eigenvalue weighted by Gasteiger charge is -2.09.